The number of rotatable bonds is 8. The minimum atomic E-state index is -2.78. The Kier molecular flexibility index (Phi) is 6.26. The highest BCUT2D eigenvalue weighted by Crippen LogP contribution is 2.36. The Morgan fingerprint density at radius 3 is 2.70 bits per heavy atom. The van der Waals surface area contributed by atoms with Gasteiger partial charge in [-0.25, -0.2) is 4.98 Å². The number of hydrogen-bond acceptors (Lipinski definition) is 5. The van der Waals surface area contributed by atoms with E-state index in [0.717, 1.165) is 41.5 Å². The Labute approximate surface area is 174 Å². The summed E-state index contributed by atoms with van der Waals surface area (Å²) in [6.45, 7) is 1.73. The van der Waals surface area contributed by atoms with Crippen molar-refractivity contribution in [1.82, 2.24) is 24.3 Å². The Hall–Kier alpha value is -2.55. The summed E-state index contributed by atoms with van der Waals surface area (Å²) in [5.74, 6) is 0.416. The van der Waals surface area contributed by atoms with Gasteiger partial charge in [-0.2, -0.15) is 18.9 Å². The van der Waals surface area contributed by atoms with Crippen molar-refractivity contribution in [2.24, 2.45) is 0 Å². The van der Waals surface area contributed by atoms with Crippen LogP contribution >= 0.6 is 0 Å². The van der Waals surface area contributed by atoms with E-state index in [-0.39, 0.29) is 12.6 Å². The van der Waals surface area contributed by atoms with Crippen molar-refractivity contribution in [3.05, 3.63) is 24.8 Å². The van der Waals surface area contributed by atoms with Gasteiger partial charge in [0, 0.05) is 53.7 Å². The second-order valence-electron chi connectivity index (χ2n) is 7.90. The smallest absolute Gasteiger partial charge is 0.345 e. The fourth-order valence-corrected chi connectivity index (χ4v) is 4.12. The van der Waals surface area contributed by atoms with Gasteiger partial charge in [-0.1, -0.05) is 19.3 Å². The van der Waals surface area contributed by atoms with Crippen LogP contribution in [0.5, 0.6) is 0 Å². The predicted molar refractivity (Wildman–Crippen MR) is 112 cm³/mol. The molecule has 0 saturated heterocycles. The molecule has 3 heterocycles. The number of nitrogens with zero attached hydrogens (tertiary/aromatic N) is 5. The molecule has 1 atom stereocenters. The maximum Gasteiger partial charge on any atom is 0.345 e. The molecule has 1 aliphatic rings. The normalized spacial score (nSPS) is 16.4. The van der Waals surface area contributed by atoms with Crippen LogP contribution in [0.15, 0.2) is 24.8 Å². The lowest BCUT2D eigenvalue weighted by Crippen LogP contribution is -2.24. The molecule has 162 valence electrons. The first kappa shape index (κ1) is 20.7. The van der Waals surface area contributed by atoms with Gasteiger partial charge in [-0.05, 0) is 26.7 Å². The number of aryl methyl sites for hydroxylation is 1. The van der Waals surface area contributed by atoms with Crippen LogP contribution in [-0.4, -0.2) is 43.6 Å². The number of aromatic nitrogens is 5. The van der Waals surface area contributed by atoms with Crippen LogP contribution in [0.1, 0.15) is 52.0 Å². The average Bonchev–Trinajstić information content (AvgIpc) is 3.37. The highest BCUT2D eigenvalue weighted by molar-refractivity contribution is 5.93. The molecule has 0 amide bonds. The summed E-state index contributed by atoms with van der Waals surface area (Å²) in [5, 5.41) is 8.45. The first-order chi connectivity index (χ1) is 14.5. The fraction of sp³-hybridized carbons (Fsp3) is 0.571. The van der Waals surface area contributed by atoms with Crippen molar-refractivity contribution < 1.29 is 13.5 Å². The molecule has 0 aromatic carbocycles. The number of halogens is 2. The molecular weight excluding hydrogens is 390 g/mol. The van der Waals surface area contributed by atoms with E-state index >= 15 is 0 Å². The second-order valence-corrected chi connectivity index (χ2v) is 7.90. The molecule has 1 fully saturated rings. The van der Waals surface area contributed by atoms with Gasteiger partial charge in [0.25, 0.3) is 0 Å². The van der Waals surface area contributed by atoms with Gasteiger partial charge >= 0.3 is 6.61 Å². The van der Waals surface area contributed by atoms with E-state index in [0.29, 0.717) is 12.0 Å². The quantitative estimate of drug-likeness (QED) is 0.566. The van der Waals surface area contributed by atoms with Crippen LogP contribution in [0.25, 0.3) is 22.2 Å². The molecule has 9 heteroatoms. The number of fused-ring (bicyclic) bond motifs is 1. The van der Waals surface area contributed by atoms with E-state index in [1.807, 2.05) is 23.3 Å². The van der Waals surface area contributed by atoms with Gasteiger partial charge in [0.15, 0.2) is 0 Å². The molecule has 1 N–H and O–H groups in total. The number of alkyl halides is 2. The fourth-order valence-electron chi connectivity index (χ4n) is 4.12. The summed E-state index contributed by atoms with van der Waals surface area (Å²) in [4.78, 5) is 9.20. The zero-order chi connectivity index (χ0) is 21.1. The number of nitrogens with one attached hydrogen (secondary N) is 1. The summed E-state index contributed by atoms with van der Waals surface area (Å²) in [6.07, 6.45) is 13.8. The van der Waals surface area contributed by atoms with E-state index in [1.165, 1.54) is 19.3 Å². The van der Waals surface area contributed by atoms with Crippen LogP contribution in [0, 0.1) is 0 Å². The Morgan fingerprint density at radius 2 is 2.00 bits per heavy atom. The largest absolute Gasteiger partial charge is 0.349 e. The molecule has 3 aromatic rings. The highest BCUT2D eigenvalue weighted by atomic mass is 19.3. The van der Waals surface area contributed by atoms with Crippen LogP contribution in [0.3, 0.4) is 0 Å². The van der Waals surface area contributed by atoms with E-state index in [9.17, 15) is 8.78 Å². The molecular formula is C21H28F2N6O. The standard InChI is InChI=1S/C21H28F2N6O/c1-3-28-11-15(9-25-28)18-12-29(16-7-5-4-6-8-16)19-17(18)10-24-21(27-19)26-14(2)13-30-20(22)23/h9-12,14,16,20H,3-8,13H2,1-2H3,(H,24,26,27)/t14-/m0/s1. The lowest BCUT2D eigenvalue weighted by atomic mass is 9.95. The number of anilines is 1. The van der Waals surface area contributed by atoms with Gasteiger partial charge in [-0.3, -0.25) is 4.68 Å². The summed E-state index contributed by atoms with van der Waals surface area (Å²) >= 11 is 0. The van der Waals surface area contributed by atoms with Crippen LogP contribution < -0.4 is 5.32 Å². The molecule has 0 spiro atoms. The van der Waals surface area contributed by atoms with Crippen LogP contribution in [0.2, 0.25) is 0 Å². The van der Waals surface area contributed by atoms with Gasteiger partial charge < -0.3 is 14.6 Å². The van der Waals surface area contributed by atoms with E-state index < -0.39 is 6.61 Å². The van der Waals surface area contributed by atoms with Crippen molar-refractivity contribution in [2.75, 3.05) is 11.9 Å². The average molecular weight is 418 g/mol. The van der Waals surface area contributed by atoms with Crippen molar-refractivity contribution in [3.8, 4) is 11.1 Å². The van der Waals surface area contributed by atoms with Crippen molar-refractivity contribution in [2.45, 2.75) is 71.2 Å². The minimum absolute atomic E-state index is 0.121. The maximum atomic E-state index is 12.3. The third-order valence-electron chi connectivity index (χ3n) is 5.66. The topological polar surface area (TPSA) is 69.8 Å². The Balaban J connectivity index is 1.69. The SMILES string of the molecule is CCn1cc(-c2cn(C3CCCCC3)c3nc(N[C@@H](C)COC(F)F)ncc23)cn1. The maximum absolute atomic E-state index is 12.3. The van der Waals surface area contributed by atoms with Crippen molar-refractivity contribution in [3.63, 3.8) is 0 Å². The highest BCUT2D eigenvalue weighted by Gasteiger charge is 2.22. The van der Waals surface area contributed by atoms with Gasteiger partial charge in [-0.15, -0.1) is 0 Å². The monoisotopic (exact) mass is 418 g/mol. The first-order valence-electron chi connectivity index (χ1n) is 10.6. The van der Waals surface area contributed by atoms with E-state index in [4.69, 9.17) is 4.98 Å². The molecule has 30 heavy (non-hydrogen) atoms. The zero-order valence-electron chi connectivity index (χ0n) is 17.4. The number of ether oxygens (including phenoxy) is 1. The second kappa shape index (κ2) is 9.07. The third kappa shape index (κ3) is 4.45. The summed E-state index contributed by atoms with van der Waals surface area (Å²) in [7, 11) is 0. The predicted octanol–water partition coefficient (Wildman–Crippen LogP) is 4.86. The van der Waals surface area contributed by atoms with E-state index in [2.05, 4.69) is 37.8 Å². The molecule has 7 nitrogen and oxygen atoms in total. The zero-order valence-corrected chi connectivity index (χ0v) is 17.4. The molecule has 0 radical (unpaired) electrons. The van der Waals surface area contributed by atoms with Gasteiger partial charge in [0.05, 0.1) is 12.8 Å². The molecule has 0 bridgehead atoms. The van der Waals surface area contributed by atoms with Crippen LogP contribution in [-0.2, 0) is 11.3 Å². The molecule has 1 aliphatic carbocycles. The third-order valence-corrected chi connectivity index (χ3v) is 5.66. The molecule has 4 rings (SSSR count). The summed E-state index contributed by atoms with van der Waals surface area (Å²) < 4.78 is 33.2. The summed E-state index contributed by atoms with van der Waals surface area (Å²) in [5.41, 5.74) is 2.97. The molecule has 3 aromatic heterocycles. The first-order valence-corrected chi connectivity index (χ1v) is 10.6. The van der Waals surface area contributed by atoms with Crippen molar-refractivity contribution >= 4 is 17.0 Å². The van der Waals surface area contributed by atoms with Gasteiger partial charge in [0.2, 0.25) is 5.95 Å². The molecule has 1 saturated carbocycles. The number of hydrogen-bond donors (Lipinski definition) is 1. The lowest BCUT2D eigenvalue weighted by Gasteiger charge is -2.24. The van der Waals surface area contributed by atoms with Gasteiger partial charge in [0.1, 0.15) is 5.65 Å². The van der Waals surface area contributed by atoms with Crippen LogP contribution in [0.4, 0.5) is 14.7 Å². The van der Waals surface area contributed by atoms with E-state index in [1.54, 1.807) is 6.92 Å². The molecule has 0 unspecified atom stereocenters. The Bertz CT molecular complexity index is 979. The summed E-state index contributed by atoms with van der Waals surface area (Å²) in [6, 6.07) is 0.0651. The Morgan fingerprint density at radius 1 is 1.20 bits per heavy atom. The minimum Gasteiger partial charge on any atom is -0.349 e. The molecule has 0 aliphatic heterocycles. The lowest BCUT2D eigenvalue weighted by molar-refractivity contribution is -0.130. The van der Waals surface area contributed by atoms with Crippen molar-refractivity contribution in [1.29, 1.82) is 0 Å².